The first-order valence-corrected chi connectivity index (χ1v) is 7.43. The maximum absolute atomic E-state index is 12.7. The van der Waals surface area contributed by atoms with Crippen LogP contribution in [-0.2, 0) is 13.1 Å². The van der Waals surface area contributed by atoms with Gasteiger partial charge in [-0.05, 0) is 43.0 Å². The number of benzene rings is 1. The Bertz CT molecular complexity index is 483. The monoisotopic (exact) mass is 294 g/mol. The van der Waals surface area contributed by atoms with Gasteiger partial charge < -0.3 is 10.2 Å². The van der Waals surface area contributed by atoms with Gasteiger partial charge in [0, 0.05) is 31.2 Å². The Morgan fingerprint density at radius 3 is 2.65 bits per heavy atom. The Hall–Kier alpha value is -1.06. The molecule has 0 radical (unpaired) electrons. The van der Waals surface area contributed by atoms with Crippen LogP contribution in [-0.4, -0.2) is 23.4 Å². The van der Waals surface area contributed by atoms with Gasteiger partial charge in [0.05, 0.1) is 0 Å². The predicted octanol–water partition coefficient (Wildman–Crippen LogP) is 3.12. The molecular formula is C16H23ClN2O. The van der Waals surface area contributed by atoms with Crippen molar-refractivity contribution in [2.75, 3.05) is 6.54 Å². The summed E-state index contributed by atoms with van der Waals surface area (Å²) in [5, 5.41) is 3.33. The molecule has 3 nitrogen and oxygen atoms in total. The molecule has 3 rings (SSSR count). The molecule has 1 aliphatic carbocycles. The summed E-state index contributed by atoms with van der Waals surface area (Å²) < 4.78 is 0. The SMILES string of the molecule is CCN(C(=O)c1ccc2c(c1)CNC2)C1CCCC1.Cl. The van der Waals surface area contributed by atoms with Crippen molar-refractivity contribution in [3.63, 3.8) is 0 Å². The molecule has 1 N–H and O–H groups in total. The number of carbonyl (C=O) groups excluding carboxylic acids is 1. The number of halogens is 1. The zero-order valence-electron chi connectivity index (χ0n) is 12.0. The van der Waals surface area contributed by atoms with E-state index in [1.807, 2.05) is 6.07 Å². The molecule has 0 atom stereocenters. The molecule has 1 aromatic carbocycles. The van der Waals surface area contributed by atoms with Gasteiger partial charge in [0.25, 0.3) is 5.91 Å². The highest BCUT2D eigenvalue weighted by molar-refractivity contribution is 5.94. The third kappa shape index (κ3) is 2.84. The number of nitrogens with one attached hydrogen (secondary N) is 1. The molecule has 0 spiro atoms. The summed E-state index contributed by atoms with van der Waals surface area (Å²) in [6.45, 7) is 4.74. The second kappa shape index (κ2) is 6.59. The van der Waals surface area contributed by atoms with Crippen LogP contribution in [0.5, 0.6) is 0 Å². The van der Waals surface area contributed by atoms with E-state index in [2.05, 4.69) is 29.3 Å². The Morgan fingerprint density at radius 2 is 1.95 bits per heavy atom. The molecule has 1 saturated carbocycles. The average molecular weight is 295 g/mol. The summed E-state index contributed by atoms with van der Waals surface area (Å²) in [7, 11) is 0. The van der Waals surface area contributed by atoms with Gasteiger partial charge in [-0.1, -0.05) is 18.9 Å². The fourth-order valence-electron chi connectivity index (χ4n) is 3.38. The van der Waals surface area contributed by atoms with E-state index >= 15 is 0 Å². The lowest BCUT2D eigenvalue weighted by Gasteiger charge is -2.28. The molecule has 1 fully saturated rings. The van der Waals surface area contributed by atoms with Crippen LogP contribution in [0.15, 0.2) is 18.2 Å². The number of amides is 1. The van der Waals surface area contributed by atoms with E-state index in [4.69, 9.17) is 0 Å². The summed E-state index contributed by atoms with van der Waals surface area (Å²) in [5.74, 6) is 0.212. The van der Waals surface area contributed by atoms with Gasteiger partial charge in [-0.2, -0.15) is 0 Å². The fourth-order valence-corrected chi connectivity index (χ4v) is 3.38. The number of fused-ring (bicyclic) bond motifs is 1. The van der Waals surface area contributed by atoms with Crippen LogP contribution in [0.3, 0.4) is 0 Å². The van der Waals surface area contributed by atoms with Gasteiger partial charge >= 0.3 is 0 Å². The third-order valence-electron chi connectivity index (χ3n) is 4.45. The Labute approximate surface area is 127 Å². The van der Waals surface area contributed by atoms with E-state index in [0.29, 0.717) is 6.04 Å². The maximum Gasteiger partial charge on any atom is 0.254 e. The van der Waals surface area contributed by atoms with Gasteiger partial charge in [-0.25, -0.2) is 0 Å². The molecule has 0 aromatic heterocycles. The number of carbonyl (C=O) groups is 1. The van der Waals surface area contributed by atoms with E-state index < -0.39 is 0 Å². The molecule has 0 bridgehead atoms. The van der Waals surface area contributed by atoms with Crippen molar-refractivity contribution in [3.8, 4) is 0 Å². The fraction of sp³-hybridized carbons (Fsp3) is 0.562. The molecule has 20 heavy (non-hydrogen) atoms. The van der Waals surface area contributed by atoms with Crippen molar-refractivity contribution in [2.24, 2.45) is 0 Å². The second-order valence-electron chi connectivity index (χ2n) is 5.62. The summed E-state index contributed by atoms with van der Waals surface area (Å²) in [4.78, 5) is 14.7. The van der Waals surface area contributed by atoms with Crippen LogP contribution in [0.2, 0.25) is 0 Å². The minimum absolute atomic E-state index is 0. The van der Waals surface area contributed by atoms with Gasteiger partial charge in [0.15, 0.2) is 0 Å². The van der Waals surface area contributed by atoms with Gasteiger partial charge in [0.2, 0.25) is 0 Å². The minimum atomic E-state index is 0. The van der Waals surface area contributed by atoms with Crippen molar-refractivity contribution in [2.45, 2.75) is 51.7 Å². The molecule has 1 heterocycles. The smallest absolute Gasteiger partial charge is 0.254 e. The third-order valence-corrected chi connectivity index (χ3v) is 4.45. The zero-order chi connectivity index (χ0) is 13.2. The van der Waals surface area contributed by atoms with E-state index in [1.54, 1.807) is 0 Å². The van der Waals surface area contributed by atoms with E-state index in [-0.39, 0.29) is 18.3 Å². The minimum Gasteiger partial charge on any atom is -0.336 e. The van der Waals surface area contributed by atoms with Crippen LogP contribution >= 0.6 is 12.4 Å². The number of rotatable bonds is 3. The summed E-state index contributed by atoms with van der Waals surface area (Å²) >= 11 is 0. The standard InChI is InChI=1S/C16H22N2O.ClH/c1-2-18(15-5-3-4-6-15)16(19)12-7-8-13-10-17-11-14(13)9-12;/h7-9,15,17H,2-6,10-11H2,1H3;1H. The number of hydrogen-bond acceptors (Lipinski definition) is 2. The molecule has 1 amide bonds. The lowest BCUT2D eigenvalue weighted by atomic mass is 10.0. The van der Waals surface area contributed by atoms with Crippen LogP contribution < -0.4 is 5.32 Å². The van der Waals surface area contributed by atoms with Crippen molar-refractivity contribution < 1.29 is 4.79 Å². The molecule has 1 aliphatic heterocycles. The van der Waals surface area contributed by atoms with Crippen molar-refractivity contribution in [3.05, 3.63) is 34.9 Å². The van der Waals surface area contributed by atoms with E-state index in [1.165, 1.54) is 36.8 Å². The van der Waals surface area contributed by atoms with E-state index in [0.717, 1.165) is 25.2 Å². The molecule has 0 unspecified atom stereocenters. The maximum atomic E-state index is 12.7. The van der Waals surface area contributed by atoms with Crippen LogP contribution in [0.25, 0.3) is 0 Å². The molecule has 2 aliphatic rings. The normalized spacial score (nSPS) is 17.6. The number of nitrogens with zero attached hydrogens (tertiary/aromatic N) is 1. The molecule has 110 valence electrons. The quantitative estimate of drug-likeness (QED) is 0.929. The Balaban J connectivity index is 0.00000147. The van der Waals surface area contributed by atoms with Gasteiger partial charge in [-0.3, -0.25) is 4.79 Å². The highest BCUT2D eigenvalue weighted by Gasteiger charge is 2.26. The molecule has 4 heteroatoms. The lowest BCUT2D eigenvalue weighted by molar-refractivity contribution is 0.0693. The molecule has 1 aromatic rings. The van der Waals surface area contributed by atoms with Crippen LogP contribution in [0.1, 0.15) is 54.1 Å². The topological polar surface area (TPSA) is 32.3 Å². The molecular weight excluding hydrogens is 272 g/mol. The van der Waals surface area contributed by atoms with Crippen molar-refractivity contribution in [1.82, 2.24) is 10.2 Å². The van der Waals surface area contributed by atoms with Crippen LogP contribution in [0, 0.1) is 0 Å². The summed E-state index contributed by atoms with van der Waals surface area (Å²) in [6.07, 6.45) is 4.88. The average Bonchev–Trinajstić information content (AvgIpc) is 3.09. The first-order chi connectivity index (χ1) is 9.29. The Kier molecular flexibility index (Phi) is 5.06. The van der Waals surface area contributed by atoms with Crippen molar-refractivity contribution >= 4 is 18.3 Å². The second-order valence-corrected chi connectivity index (χ2v) is 5.62. The highest BCUT2D eigenvalue weighted by atomic mass is 35.5. The summed E-state index contributed by atoms with van der Waals surface area (Å²) in [6, 6.07) is 6.63. The lowest BCUT2D eigenvalue weighted by Crippen LogP contribution is -2.38. The van der Waals surface area contributed by atoms with Crippen molar-refractivity contribution in [1.29, 1.82) is 0 Å². The predicted molar refractivity (Wildman–Crippen MR) is 83.2 cm³/mol. The largest absolute Gasteiger partial charge is 0.336 e. The van der Waals surface area contributed by atoms with Crippen LogP contribution in [0.4, 0.5) is 0 Å². The highest BCUT2D eigenvalue weighted by Crippen LogP contribution is 2.25. The zero-order valence-corrected chi connectivity index (χ0v) is 12.8. The molecule has 0 saturated heterocycles. The van der Waals surface area contributed by atoms with Gasteiger partial charge in [0.1, 0.15) is 0 Å². The Morgan fingerprint density at radius 1 is 1.25 bits per heavy atom. The van der Waals surface area contributed by atoms with E-state index in [9.17, 15) is 4.79 Å². The number of hydrogen-bond donors (Lipinski definition) is 1. The first-order valence-electron chi connectivity index (χ1n) is 7.43. The summed E-state index contributed by atoms with van der Waals surface area (Å²) in [5.41, 5.74) is 3.48. The first kappa shape index (κ1) is 15.3. The van der Waals surface area contributed by atoms with Gasteiger partial charge in [-0.15, -0.1) is 12.4 Å².